The van der Waals surface area contributed by atoms with Gasteiger partial charge in [0.15, 0.2) is 0 Å². The van der Waals surface area contributed by atoms with Gasteiger partial charge in [-0.2, -0.15) is 15.0 Å². The Morgan fingerprint density at radius 1 is 1.47 bits per heavy atom. The van der Waals surface area contributed by atoms with E-state index in [1.807, 2.05) is 13.8 Å². The van der Waals surface area contributed by atoms with Gasteiger partial charge in [0.05, 0.1) is 6.20 Å². The summed E-state index contributed by atoms with van der Waals surface area (Å²) < 4.78 is 1.68. The summed E-state index contributed by atoms with van der Waals surface area (Å²) in [4.78, 5) is 8.87. The third-order valence-electron chi connectivity index (χ3n) is 1.88. The zero-order chi connectivity index (χ0) is 10.8. The molecule has 2 heterocycles. The third-order valence-corrected chi connectivity index (χ3v) is 2.75. The van der Waals surface area contributed by atoms with Crippen molar-refractivity contribution in [3.63, 3.8) is 0 Å². The lowest BCUT2D eigenvalue weighted by Gasteiger charge is -2.03. The Labute approximate surface area is 91.0 Å². The zero-order valence-electron chi connectivity index (χ0n) is 8.38. The molecule has 0 unspecified atom stereocenters. The van der Waals surface area contributed by atoms with E-state index in [4.69, 9.17) is 5.26 Å². The largest absolute Gasteiger partial charge is 0.225 e. The van der Waals surface area contributed by atoms with E-state index in [0.29, 0.717) is 10.0 Å². The van der Waals surface area contributed by atoms with Gasteiger partial charge in [-0.3, -0.25) is 0 Å². The molecule has 6 heteroatoms. The topological polar surface area (TPSA) is 67.4 Å². The van der Waals surface area contributed by atoms with Crippen molar-refractivity contribution >= 4 is 11.3 Å². The number of nitriles is 1. The Hall–Kier alpha value is -1.74. The molecule has 2 rings (SSSR count). The highest BCUT2D eigenvalue weighted by Crippen LogP contribution is 2.19. The molecule has 0 aliphatic rings. The van der Waals surface area contributed by atoms with Crippen LogP contribution in [0, 0.1) is 11.3 Å². The second-order valence-electron chi connectivity index (χ2n) is 3.30. The van der Waals surface area contributed by atoms with E-state index >= 15 is 0 Å². The average Bonchev–Trinajstić information content (AvgIpc) is 2.85. The first-order valence-electron chi connectivity index (χ1n) is 4.48. The Balaban J connectivity index is 2.45. The zero-order valence-corrected chi connectivity index (χ0v) is 9.19. The number of thiazole rings is 1. The number of hydrogen-bond acceptors (Lipinski definition) is 5. The standard InChI is InChI=1S/C9H9N5S/c1-6(2)8-12-5-13-14(8)9-11-4-7(3-10)15-9/h4-6H,1-2H3. The lowest BCUT2D eigenvalue weighted by Crippen LogP contribution is -2.03. The van der Waals surface area contributed by atoms with Crippen LogP contribution in [-0.2, 0) is 0 Å². The van der Waals surface area contributed by atoms with Gasteiger partial charge >= 0.3 is 0 Å². The summed E-state index contributed by atoms with van der Waals surface area (Å²) in [5, 5.41) is 13.5. The van der Waals surface area contributed by atoms with E-state index in [1.165, 1.54) is 17.7 Å². The van der Waals surface area contributed by atoms with Crippen molar-refractivity contribution in [2.75, 3.05) is 0 Å². The van der Waals surface area contributed by atoms with Gasteiger partial charge in [0, 0.05) is 5.92 Å². The summed E-state index contributed by atoms with van der Waals surface area (Å²) >= 11 is 1.31. The molecule has 0 aliphatic carbocycles. The van der Waals surface area contributed by atoms with Gasteiger partial charge in [0.2, 0.25) is 5.13 Å². The highest BCUT2D eigenvalue weighted by atomic mass is 32.1. The Kier molecular flexibility index (Phi) is 2.47. The van der Waals surface area contributed by atoms with Crippen molar-refractivity contribution in [3.05, 3.63) is 23.2 Å². The van der Waals surface area contributed by atoms with Crippen LogP contribution in [0.2, 0.25) is 0 Å². The molecule has 0 radical (unpaired) electrons. The minimum atomic E-state index is 0.280. The fourth-order valence-electron chi connectivity index (χ4n) is 1.21. The van der Waals surface area contributed by atoms with E-state index < -0.39 is 0 Å². The first-order valence-corrected chi connectivity index (χ1v) is 5.30. The predicted octanol–water partition coefficient (Wildman–Crippen LogP) is 1.72. The summed E-state index contributed by atoms with van der Waals surface area (Å²) in [6.45, 7) is 4.08. The molecule has 0 fully saturated rings. The first-order chi connectivity index (χ1) is 7.22. The van der Waals surface area contributed by atoms with Gasteiger partial charge in [0.1, 0.15) is 23.1 Å². The molecule has 2 aromatic heterocycles. The van der Waals surface area contributed by atoms with Gasteiger partial charge in [0.25, 0.3) is 0 Å². The predicted molar refractivity (Wildman–Crippen MR) is 55.8 cm³/mol. The SMILES string of the molecule is CC(C)c1ncnn1-c1ncc(C#N)s1. The van der Waals surface area contributed by atoms with Crippen LogP contribution in [0.15, 0.2) is 12.5 Å². The van der Waals surface area contributed by atoms with Gasteiger partial charge in [-0.15, -0.1) is 0 Å². The summed E-state index contributed by atoms with van der Waals surface area (Å²) in [5.74, 6) is 1.13. The lowest BCUT2D eigenvalue weighted by atomic mass is 10.2. The van der Waals surface area contributed by atoms with Crippen LogP contribution >= 0.6 is 11.3 Å². The summed E-state index contributed by atoms with van der Waals surface area (Å²) in [6.07, 6.45) is 3.05. The van der Waals surface area contributed by atoms with Gasteiger partial charge in [-0.05, 0) is 0 Å². The maximum Gasteiger partial charge on any atom is 0.213 e. The second kappa shape index (κ2) is 3.79. The van der Waals surface area contributed by atoms with Crippen molar-refractivity contribution in [1.82, 2.24) is 19.7 Å². The second-order valence-corrected chi connectivity index (χ2v) is 4.31. The Morgan fingerprint density at radius 3 is 2.87 bits per heavy atom. The van der Waals surface area contributed by atoms with Crippen molar-refractivity contribution < 1.29 is 0 Å². The van der Waals surface area contributed by atoms with Crippen LogP contribution in [0.4, 0.5) is 0 Å². The summed E-state index contributed by atoms with van der Waals surface area (Å²) in [5.41, 5.74) is 0. The van der Waals surface area contributed by atoms with E-state index in [0.717, 1.165) is 5.82 Å². The molecule has 2 aromatic rings. The minimum absolute atomic E-state index is 0.280. The summed E-state index contributed by atoms with van der Waals surface area (Å²) in [7, 11) is 0. The number of nitrogens with zero attached hydrogens (tertiary/aromatic N) is 5. The molecular weight excluding hydrogens is 210 g/mol. The molecule has 15 heavy (non-hydrogen) atoms. The molecule has 0 bridgehead atoms. The number of rotatable bonds is 2. The van der Waals surface area contributed by atoms with Crippen LogP contribution in [-0.4, -0.2) is 19.7 Å². The van der Waals surface area contributed by atoms with Crippen LogP contribution in [0.3, 0.4) is 0 Å². The molecule has 0 spiro atoms. The number of aromatic nitrogens is 4. The fraction of sp³-hybridized carbons (Fsp3) is 0.333. The number of hydrogen-bond donors (Lipinski definition) is 0. The third kappa shape index (κ3) is 1.74. The van der Waals surface area contributed by atoms with Crippen LogP contribution in [0.5, 0.6) is 0 Å². The Bertz CT molecular complexity index is 505. The smallest absolute Gasteiger partial charge is 0.213 e. The molecule has 0 amide bonds. The molecule has 0 atom stereocenters. The molecule has 76 valence electrons. The molecule has 0 saturated heterocycles. The fourth-order valence-corrected chi connectivity index (χ4v) is 1.89. The molecule has 0 aliphatic heterocycles. The average molecular weight is 219 g/mol. The van der Waals surface area contributed by atoms with E-state index in [1.54, 1.807) is 10.9 Å². The minimum Gasteiger partial charge on any atom is -0.225 e. The highest BCUT2D eigenvalue weighted by molar-refractivity contribution is 7.14. The first kappa shape index (κ1) is 9.80. The molecule has 5 nitrogen and oxygen atoms in total. The van der Waals surface area contributed by atoms with Crippen molar-refractivity contribution in [1.29, 1.82) is 5.26 Å². The summed E-state index contributed by atoms with van der Waals surface area (Å²) in [6, 6.07) is 2.05. The lowest BCUT2D eigenvalue weighted by molar-refractivity contribution is 0.711. The monoisotopic (exact) mass is 219 g/mol. The molecule has 0 saturated carbocycles. The van der Waals surface area contributed by atoms with Gasteiger partial charge in [-0.25, -0.2) is 9.97 Å². The van der Waals surface area contributed by atoms with Crippen molar-refractivity contribution in [2.45, 2.75) is 19.8 Å². The van der Waals surface area contributed by atoms with Gasteiger partial charge < -0.3 is 0 Å². The quantitative estimate of drug-likeness (QED) is 0.771. The molecular formula is C9H9N5S. The van der Waals surface area contributed by atoms with Crippen LogP contribution < -0.4 is 0 Å². The maximum absolute atomic E-state index is 8.70. The molecule has 0 N–H and O–H groups in total. The Morgan fingerprint density at radius 2 is 2.27 bits per heavy atom. The van der Waals surface area contributed by atoms with E-state index in [2.05, 4.69) is 21.1 Å². The van der Waals surface area contributed by atoms with Crippen LogP contribution in [0.1, 0.15) is 30.5 Å². The maximum atomic E-state index is 8.70. The van der Waals surface area contributed by atoms with Crippen molar-refractivity contribution in [2.24, 2.45) is 0 Å². The van der Waals surface area contributed by atoms with Crippen molar-refractivity contribution in [3.8, 4) is 11.2 Å². The molecule has 0 aromatic carbocycles. The van der Waals surface area contributed by atoms with Gasteiger partial charge in [-0.1, -0.05) is 25.2 Å². The van der Waals surface area contributed by atoms with E-state index in [-0.39, 0.29) is 5.92 Å². The normalized spacial score (nSPS) is 10.5. The highest BCUT2D eigenvalue weighted by Gasteiger charge is 2.12. The van der Waals surface area contributed by atoms with E-state index in [9.17, 15) is 0 Å². The van der Waals surface area contributed by atoms with Crippen LogP contribution in [0.25, 0.3) is 5.13 Å².